The summed E-state index contributed by atoms with van der Waals surface area (Å²) in [6, 6.07) is 12.7. The highest BCUT2D eigenvalue weighted by Crippen LogP contribution is 2.42. The molecule has 184 valence electrons. The molecule has 0 radical (unpaired) electrons. The average Bonchev–Trinajstić information content (AvgIpc) is 3.25. The lowest BCUT2D eigenvalue weighted by Crippen LogP contribution is -2.18. The Labute approximate surface area is 247 Å². The normalized spacial score (nSPS) is 11.0. The molecule has 3 aromatic carbocycles. The zero-order valence-corrected chi connectivity index (χ0v) is 26.2. The van der Waals surface area contributed by atoms with Gasteiger partial charge in [0.25, 0.3) is 5.91 Å². The number of halogens is 4. The van der Waals surface area contributed by atoms with Crippen molar-refractivity contribution in [2.24, 2.45) is 0 Å². The predicted octanol–water partition coefficient (Wildman–Crippen LogP) is 8.58. The number of thiazole rings is 1. The number of carbonyl (C=O) groups is 3. The van der Waals surface area contributed by atoms with E-state index in [9.17, 15) is 19.5 Å². The Morgan fingerprint density at radius 1 is 0.944 bits per heavy atom. The number of ketones is 1. The molecular formula is C24H14Br4N2O4S2. The highest BCUT2D eigenvalue weighted by atomic mass is 79.9. The second kappa shape index (κ2) is 11.4. The monoisotopic (exact) mass is 774 g/mol. The van der Waals surface area contributed by atoms with E-state index in [0.29, 0.717) is 24.7 Å². The number of nitrogens with one attached hydrogen (secondary N) is 1. The second-order valence-corrected chi connectivity index (χ2v) is 12.9. The van der Waals surface area contributed by atoms with Crippen LogP contribution in [-0.2, 0) is 0 Å². The van der Waals surface area contributed by atoms with E-state index in [0.717, 1.165) is 20.1 Å². The lowest BCUT2D eigenvalue weighted by Gasteiger charge is -2.14. The third-order valence-electron chi connectivity index (χ3n) is 5.03. The number of aromatic nitrogens is 1. The number of carboxylic acids is 1. The van der Waals surface area contributed by atoms with E-state index >= 15 is 0 Å². The van der Waals surface area contributed by atoms with Gasteiger partial charge in [0.15, 0.2) is 10.1 Å². The average molecular weight is 778 g/mol. The van der Waals surface area contributed by atoms with Gasteiger partial charge in [0.05, 0.1) is 27.1 Å². The van der Waals surface area contributed by atoms with Crippen molar-refractivity contribution in [2.45, 2.75) is 11.3 Å². The van der Waals surface area contributed by atoms with E-state index < -0.39 is 11.9 Å². The molecule has 0 atom stereocenters. The van der Waals surface area contributed by atoms with Crippen LogP contribution in [0.2, 0.25) is 0 Å². The molecule has 4 rings (SSSR count). The van der Waals surface area contributed by atoms with Crippen LogP contribution in [-0.4, -0.2) is 33.5 Å². The molecule has 1 aromatic heterocycles. The molecule has 36 heavy (non-hydrogen) atoms. The van der Waals surface area contributed by atoms with Crippen molar-refractivity contribution in [1.82, 2.24) is 4.98 Å². The van der Waals surface area contributed by atoms with Gasteiger partial charge in [-0.05, 0) is 88.8 Å². The minimum Gasteiger partial charge on any atom is -0.478 e. The number of thioether (sulfide) groups is 1. The van der Waals surface area contributed by atoms with Crippen molar-refractivity contribution in [3.8, 4) is 0 Å². The van der Waals surface area contributed by atoms with Crippen molar-refractivity contribution in [3.63, 3.8) is 0 Å². The fourth-order valence-corrected chi connectivity index (χ4v) is 7.70. The lowest BCUT2D eigenvalue weighted by molar-refractivity contribution is 0.0691. The van der Waals surface area contributed by atoms with Crippen LogP contribution >= 0.6 is 86.8 Å². The molecule has 0 saturated carbocycles. The van der Waals surface area contributed by atoms with Crippen molar-refractivity contribution in [3.05, 3.63) is 82.6 Å². The number of amides is 1. The fraction of sp³-hybridized carbons (Fsp3) is 0.0833. The number of nitrogens with zero attached hydrogens (tertiary/aromatic N) is 1. The van der Waals surface area contributed by atoms with E-state index in [-0.39, 0.29) is 27.1 Å². The van der Waals surface area contributed by atoms with Gasteiger partial charge in [0.1, 0.15) is 0 Å². The maximum absolute atomic E-state index is 13.1. The number of hydrogen-bond donors (Lipinski definition) is 2. The van der Waals surface area contributed by atoms with E-state index in [1.807, 2.05) is 31.2 Å². The number of aromatic carboxylic acids is 1. The summed E-state index contributed by atoms with van der Waals surface area (Å²) >= 11 is 16.1. The fourth-order valence-electron chi connectivity index (χ4n) is 3.23. The minimum atomic E-state index is -1.25. The SMILES string of the molecule is Cc1ccc(C(=O)CSc2nc3ccc(NC(=O)c4c(Br)c(Br)c(Br)c(Br)c4C(=O)O)cc3s2)cc1. The molecule has 1 amide bonds. The van der Waals surface area contributed by atoms with Crippen LogP contribution in [0.4, 0.5) is 5.69 Å². The maximum atomic E-state index is 13.1. The number of fused-ring (bicyclic) bond motifs is 1. The Balaban J connectivity index is 1.54. The van der Waals surface area contributed by atoms with Crippen LogP contribution in [0, 0.1) is 6.92 Å². The molecule has 1 heterocycles. The first-order valence-electron chi connectivity index (χ1n) is 10.1. The first kappa shape index (κ1) is 27.5. The standard InChI is InChI=1S/C24H14Br4N2O4S2/c1-10-2-4-11(5-3-10)14(31)9-35-24-30-13-7-6-12(8-15(13)36-24)29-22(32)16-17(23(33)34)19(26)21(28)20(27)18(16)25/h2-8H,9H2,1H3,(H,29,32)(H,33,34). The molecule has 0 aliphatic rings. The van der Waals surface area contributed by atoms with Crippen molar-refractivity contribution >= 4 is 120 Å². The summed E-state index contributed by atoms with van der Waals surface area (Å²) in [6.07, 6.45) is 0. The van der Waals surface area contributed by atoms with Gasteiger partial charge in [-0.25, -0.2) is 9.78 Å². The van der Waals surface area contributed by atoms with E-state index in [4.69, 9.17) is 0 Å². The first-order chi connectivity index (χ1) is 17.1. The van der Waals surface area contributed by atoms with Crippen LogP contribution < -0.4 is 5.32 Å². The quantitative estimate of drug-likeness (QED) is 0.0846. The van der Waals surface area contributed by atoms with Crippen LogP contribution in [0.3, 0.4) is 0 Å². The zero-order chi connectivity index (χ0) is 26.1. The Morgan fingerprint density at radius 3 is 2.22 bits per heavy atom. The second-order valence-electron chi connectivity index (χ2n) is 7.51. The van der Waals surface area contributed by atoms with Crippen LogP contribution in [0.1, 0.15) is 36.6 Å². The van der Waals surface area contributed by atoms with Crippen LogP contribution in [0.15, 0.2) is 64.7 Å². The number of carbonyl (C=O) groups excluding carboxylic acids is 2. The highest BCUT2D eigenvalue weighted by molar-refractivity contribution is 9.15. The smallest absolute Gasteiger partial charge is 0.337 e. The topological polar surface area (TPSA) is 96.4 Å². The summed E-state index contributed by atoms with van der Waals surface area (Å²) in [4.78, 5) is 42.1. The molecule has 0 fully saturated rings. The van der Waals surface area contributed by atoms with Gasteiger partial charge < -0.3 is 10.4 Å². The first-order valence-corrected chi connectivity index (χ1v) is 15.1. The van der Waals surface area contributed by atoms with Gasteiger partial charge in [-0.15, -0.1) is 11.3 Å². The number of anilines is 1. The molecule has 0 aliphatic carbocycles. The molecule has 0 aliphatic heterocycles. The lowest BCUT2D eigenvalue weighted by atomic mass is 10.1. The molecular weight excluding hydrogens is 764 g/mol. The van der Waals surface area contributed by atoms with Gasteiger partial charge in [0, 0.05) is 29.1 Å². The largest absolute Gasteiger partial charge is 0.478 e. The molecule has 4 aromatic rings. The van der Waals surface area contributed by atoms with Crippen molar-refractivity contribution in [2.75, 3.05) is 11.1 Å². The highest BCUT2D eigenvalue weighted by Gasteiger charge is 2.28. The molecule has 0 bridgehead atoms. The van der Waals surface area contributed by atoms with Gasteiger partial charge in [-0.3, -0.25) is 9.59 Å². The number of aryl methyl sites for hydroxylation is 1. The van der Waals surface area contributed by atoms with Gasteiger partial charge in [0.2, 0.25) is 0 Å². The summed E-state index contributed by atoms with van der Waals surface area (Å²) in [5, 5.41) is 12.5. The van der Waals surface area contributed by atoms with Gasteiger partial charge in [-0.1, -0.05) is 41.6 Å². The maximum Gasteiger partial charge on any atom is 0.337 e. The summed E-state index contributed by atoms with van der Waals surface area (Å²) in [7, 11) is 0. The Bertz CT molecular complexity index is 1540. The molecule has 12 heteroatoms. The molecule has 6 nitrogen and oxygen atoms in total. The molecule has 2 N–H and O–H groups in total. The number of hydrogen-bond acceptors (Lipinski definition) is 6. The van der Waals surface area contributed by atoms with E-state index in [1.165, 1.54) is 23.1 Å². The minimum absolute atomic E-state index is 0.0267. The third-order valence-corrected chi connectivity index (χ3v) is 12.0. The third kappa shape index (κ3) is 5.78. The van der Waals surface area contributed by atoms with Crippen molar-refractivity contribution < 1.29 is 19.5 Å². The van der Waals surface area contributed by atoms with Crippen molar-refractivity contribution in [1.29, 1.82) is 0 Å². The predicted molar refractivity (Wildman–Crippen MR) is 158 cm³/mol. The number of benzene rings is 3. The van der Waals surface area contributed by atoms with Crippen LogP contribution in [0.25, 0.3) is 10.2 Å². The van der Waals surface area contributed by atoms with Gasteiger partial charge >= 0.3 is 5.97 Å². The Hall–Kier alpha value is -1.57. The summed E-state index contributed by atoms with van der Waals surface area (Å²) in [6.45, 7) is 1.97. The van der Waals surface area contributed by atoms with E-state index in [2.05, 4.69) is 74.0 Å². The summed E-state index contributed by atoms with van der Waals surface area (Å²) in [5.74, 6) is -1.54. The molecule has 0 spiro atoms. The van der Waals surface area contributed by atoms with Crippen LogP contribution in [0.5, 0.6) is 0 Å². The van der Waals surface area contributed by atoms with Gasteiger partial charge in [-0.2, -0.15) is 0 Å². The number of rotatable bonds is 7. The van der Waals surface area contributed by atoms with E-state index in [1.54, 1.807) is 18.2 Å². The summed E-state index contributed by atoms with van der Waals surface area (Å²) < 4.78 is 3.10. The Kier molecular flexibility index (Phi) is 8.73. The molecule has 0 saturated heterocycles. The molecule has 0 unspecified atom stereocenters. The Morgan fingerprint density at radius 2 is 1.58 bits per heavy atom. The number of carboxylic acid groups (broad SMARTS) is 1. The summed E-state index contributed by atoms with van der Waals surface area (Å²) in [5.41, 5.74) is 2.79. The number of Topliss-reactive ketones (excluding diaryl/α,β-unsaturated/α-hetero) is 1. The zero-order valence-electron chi connectivity index (χ0n) is 18.2.